The van der Waals surface area contributed by atoms with Crippen LogP contribution in [-0.4, -0.2) is 34.4 Å². The summed E-state index contributed by atoms with van der Waals surface area (Å²) in [5, 5.41) is 2.29. The van der Waals surface area contributed by atoms with Gasteiger partial charge in [-0.3, -0.25) is 14.2 Å². The number of hydrogen-bond acceptors (Lipinski definition) is 6. The van der Waals surface area contributed by atoms with Crippen molar-refractivity contribution in [3.8, 4) is 5.75 Å². The summed E-state index contributed by atoms with van der Waals surface area (Å²) in [6.07, 6.45) is 0. The molecule has 0 atom stereocenters. The molecule has 1 aliphatic heterocycles. The highest BCUT2D eigenvalue weighted by molar-refractivity contribution is 7.99. The van der Waals surface area contributed by atoms with Crippen molar-refractivity contribution in [2.75, 3.05) is 23.8 Å². The van der Waals surface area contributed by atoms with Gasteiger partial charge >= 0.3 is 0 Å². The highest BCUT2D eigenvalue weighted by atomic mass is 32.2. The van der Waals surface area contributed by atoms with Gasteiger partial charge in [0, 0.05) is 0 Å². The van der Waals surface area contributed by atoms with E-state index in [4.69, 9.17) is 4.74 Å². The summed E-state index contributed by atoms with van der Waals surface area (Å²) in [5.74, 6) is 0.400. The molecule has 0 N–H and O–H groups in total. The van der Waals surface area contributed by atoms with Crippen LogP contribution in [0.25, 0.3) is 10.2 Å². The molecule has 0 bridgehead atoms. The maximum atomic E-state index is 13.3. The van der Waals surface area contributed by atoms with Crippen LogP contribution in [0, 0.1) is 12.7 Å². The summed E-state index contributed by atoms with van der Waals surface area (Å²) in [4.78, 5) is 32.7. The second-order valence-electron chi connectivity index (χ2n) is 7.70. The molecule has 6 nitrogen and oxygen atoms in total. The van der Waals surface area contributed by atoms with Gasteiger partial charge in [0.15, 0.2) is 5.16 Å². The molecule has 0 spiro atoms. The van der Waals surface area contributed by atoms with Gasteiger partial charge in [-0.1, -0.05) is 30.0 Å². The summed E-state index contributed by atoms with van der Waals surface area (Å²) >= 11 is 2.57. The second-order valence-corrected chi connectivity index (χ2v) is 9.56. The number of aromatic nitrogens is 2. The molecule has 0 unspecified atom stereocenters. The van der Waals surface area contributed by atoms with Gasteiger partial charge in [-0.2, -0.15) is 0 Å². The fourth-order valence-corrected chi connectivity index (χ4v) is 5.39. The monoisotopic (exact) mass is 481 g/mol. The van der Waals surface area contributed by atoms with Gasteiger partial charge in [0.1, 0.15) is 22.9 Å². The molecular weight excluding hydrogens is 461 g/mol. The Morgan fingerprint density at radius 1 is 1.21 bits per heavy atom. The first-order valence-electron chi connectivity index (χ1n) is 10.4. The van der Waals surface area contributed by atoms with Crippen molar-refractivity contribution in [3.05, 3.63) is 81.2 Å². The Bertz CT molecular complexity index is 1400. The molecule has 0 fully saturated rings. The minimum absolute atomic E-state index is 0.0804. The Labute approximate surface area is 197 Å². The molecule has 0 aliphatic carbocycles. The minimum Gasteiger partial charge on any atom is -0.490 e. The van der Waals surface area contributed by atoms with Crippen molar-refractivity contribution in [2.24, 2.45) is 0 Å². The normalized spacial score (nSPS) is 13.1. The van der Waals surface area contributed by atoms with Crippen molar-refractivity contribution in [1.82, 2.24) is 9.55 Å². The van der Waals surface area contributed by atoms with E-state index in [-0.39, 0.29) is 29.6 Å². The Kier molecular flexibility index (Phi) is 5.90. The van der Waals surface area contributed by atoms with E-state index in [1.165, 1.54) is 35.2 Å². The van der Waals surface area contributed by atoms with Gasteiger partial charge in [0.05, 0.1) is 30.0 Å². The maximum Gasteiger partial charge on any atom is 0.272 e. The van der Waals surface area contributed by atoms with E-state index >= 15 is 0 Å². The smallest absolute Gasteiger partial charge is 0.272 e. The third-order valence-corrected chi connectivity index (χ3v) is 7.24. The lowest BCUT2D eigenvalue weighted by atomic mass is 10.1. The van der Waals surface area contributed by atoms with E-state index in [0.29, 0.717) is 34.3 Å². The van der Waals surface area contributed by atoms with Crippen molar-refractivity contribution in [3.63, 3.8) is 0 Å². The molecule has 168 valence electrons. The van der Waals surface area contributed by atoms with E-state index in [9.17, 15) is 14.0 Å². The standard InChI is InChI=1S/C24H20FN3O3S2/c1-15-2-7-20-19(12-15)27(9-10-31-20)21(29)14-33-24-26-18-8-11-32-22(18)23(30)28(24)13-16-3-5-17(25)6-4-16/h2-8,11-12H,9-10,13-14H2,1H3. The number of rotatable bonds is 5. The summed E-state index contributed by atoms with van der Waals surface area (Å²) in [6.45, 7) is 3.12. The van der Waals surface area contributed by atoms with Crippen molar-refractivity contribution in [2.45, 2.75) is 18.6 Å². The number of ether oxygens (including phenoxy) is 1. The van der Waals surface area contributed by atoms with Gasteiger partial charge < -0.3 is 9.64 Å². The van der Waals surface area contributed by atoms with Crippen LogP contribution in [0.1, 0.15) is 11.1 Å². The molecule has 2 aromatic heterocycles. The van der Waals surface area contributed by atoms with E-state index in [2.05, 4.69) is 4.98 Å². The van der Waals surface area contributed by atoms with Gasteiger partial charge in [-0.25, -0.2) is 9.37 Å². The Morgan fingerprint density at radius 2 is 2.03 bits per heavy atom. The number of thiophene rings is 1. The van der Waals surface area contributed by atoms with Gasteiger partial charge in [-0.05, 0) is 53.8 Å². The number of fused-ring (bicyclic) bond motifs is 2. The van der Waals surface area contributed by atoms with Gasteiger partial charge in [-0.15, -0.1) is 11.3 Å². The molecule has 33 heavy (non-hydrogen) atoms. The topological polar surface area (TPSA) is 64.4 Å². The number of benzene rings is 2. The first-order valence-corrected chi connectivity index (χ1v) is 12.3. The summed E-state index contributed by atoms with van der Waals surface area (Å²) in [6, 6.07) is 13.6. The number of nitrogens with zero attached hydrogens (tertiary/aromatic N) is 3. The van der Waals surface area contributed by atoms with Crippen LogP contribution < -0.4 is 15.2 Å². The van der Waals surface area contributed by atoms with Crippen molar-refractivity contribution < 1.29 is 13.9 Å². The molecule has 1 amide bonds. The lowest BCUT2D eigenvalue weighted by Crippen LogP contribution is -2.39. The van der Waals surface area contributed by atoms with Gasteiger partial charge in [0.25, 0.3) is 5.56 Å². The molecule has 9 heteroatoms. The molecule has 1 aliphatic rings. The predicted molar refractivity (Wildman–Crippen MR) is 129 cm³/mol. The molecule has 2 aromatic carbocycles. The van der Waals surface area contributed by atoms with Crippen LogP contribution in [0.4, 0.5) is 10.1 Å². The van der Waals surface area contributed by atoms with Crippen LogP contribution in [-0.2, 0) is 11.3 Å². The number of carbonyl (C=O) groups is 1. The Balaban J connectivity index is 1.43. The van der Waals surface area contributed by atoms with Crippen molar-refractivity contribution >= 4 is 44.9 Å². The molecular formula is C24H20FN3O3S2. The van der Waals surface area contributed by atoms with Crippen LogP contribution in [0.3, 0.4) is 0 Å². The summed E-state index contributed by atoms with van der Waals surface area (Å²) < 4.78 is 21.1. The summed E-state index contributed by atoms with van der Waals surface area (Å²) in [5.41, 5.74) is 3.03. The molecule has 3 heterocycles. The number of amides is 1. The van der Waals surface area contributed by atoms with Crippen LogP contribution in [0.5, 0.6) is 5.75 Å². The molecule has 0 saturated heterocycles. The average Bonchev–Trinajstić information content (AvgIpc) is 3.29. The zero-order chi connectivity index (χ0) is 22.9. The lowest BCUT2D eigenvalue weighted by molar-refractivity contribution is -0.116. The largest absolute Gasteiger partial charge is 0.490 e. The highest BCUT2D eigenvalue weighted by Gasteiger charge is 2.24. The molecule has 5 rings (SSSR count). The molecule has 4 aromatic rings. The number of anilines is 1. The SMILES string of the molecule is Cc1ccc2c(c1)N(C(=O)CSc1nc3ccsc3c(=O)n1Cc1ccc(F)cc1)CCO2. The Morgan fingerprint density at radius 3 is 2.85 bits per heavy atom. The zero-order valence-electron chi connectivity index (χ0n) is 17.8. The predicted octanol–water partition coefficient (Wildman–Crippen LogP) is 4.47. The minimum atomic E-state index is -0.334. The highest BCUT2D eigenvalue weighted by Crippen LogP contribution is 2.33. The second kappa shape index (κ2) is 8.99. The van der Waals surface area contributed by atoms with E-state index in [0.717, 1.165) is 16.8 Å². The van der Waals surface area contributed by atoms with Gasteiger partial charge in [0.2, 0.25) is 5.91 Å². The fourth-order valence-electron chi connectivity index (χ4n) is 3.74. The number of thioether (sulfide) groups is 1. The number of carbonyl (C=O) groups excluding carboxylic acids is 1. The van der Waals surface area contributed by atoms with Crippen LogP contribution >= 0.6 is 23.1 Å². The number of aryl methyl sites for hydroxylation is 1. The quantitative estimate of drug-likeness (QED) is 0.311. The first kappa shape index (κ1) is 21.7. The van der Waals surface area contributed by atoms with E-state index in [1.54, 1.807) is 27.7 Å². The third-order valence-electron chi connectivity index (χ3n) is 5.39. The third kappa shape index (κ3) is 4.38. The fraction of sp³-hybridized carbons (Fsp3) is 0.208. The maximum absolute atomic E-state index is 13.3. The zero-order valence-corrected chi connectivity index (χ0v) is 19.4. The van der Waals surface area contributed by atoms with E-state index in [1.807, 2.05) is 30.5 Å². The van der Waals surface area contributed by atoms with Crippen molar-refractivity contribution in [1.29, 1.82) is 0 Å². The molecule has 0 saturated carbocycles. The number of hydrogen-bond donors (Lipinski definition) is 0. The van der Waals surface area contributed by atoms with Crippen LogP contribution in [0.2, 0.25) is 0 Å². The average molecular weight is 482 g/mol. The Hall–Kier alpha value is -3.17. The van der Waals surface area contributed by atoms with Crippen LogP contribution in [0.15, 0.2) is 63.9 Å². The first-order chi connectivity index (χ1) is 16.0. The number of halogens is 1. The molecule has 0 radical (unpaired) electrons. The summed E-state index contributed by atoms with van der Waals surface area (Å²) in [7, 11) is 0. The lowest BCUT2D eigenvalue weighted by Gasteiger charge is -2.29. The van der Waals surface area contributed by atoms with E-state index < -0.39 is 0 Å².